The molecule has 2 amide bonds. The lowest BCUT2D eigenvalue weighted by Crippen LogP contribution is -2.52. The summed E-state index contributed by atoms with van der Waals surface area (Å²) in [7, 11) is -2.30. The molecule has 8 nitrogen and oxygen atoms in total. The van der Waals surface area contributed by atoms with Crippen LogP contribution in [-0.2, 0) is 26.2 Å². The van der Waals surface area contributed by atoms with Crippen molar-refractivity contribution >= 4 is 27.5 Å². The first-order chi connectivity index (χ1) is 15.2. The maximum absolute atomic E-state index is 13.5. The molecule has 0 spiro atoms. The summed E-state index contributed by atoms with van der Waals surface area (Å²) in [5, 5.41) is 2.77. The molecule has 32 heavy (non-hydrogen) atoms. The van der Waals surface area contributed by atoms with E-state index in [0.717, 1.165) is 16.1 Å². The van der Waals surface area contributed by atoms with Crippen LogP contribution in [0, 0.1) is 0 Å². The van der Waals surface area contributed by atoms with Crippen molar-refractivity contribution in [1.29, 1.82) is 0 Å². The summed E-state index contributed by atoms with van der Waals surface area (Å²) in [6, 6.07) is 15.1. The molecule has 0 unspecified atom stereocenters. The zero-order chi connectivity index (χ0) is 23.7. The van der Waals surface area contributed by atoms with Crippen molar-refractivity contribution in [3.63, 3.8) is 0 Å². The average Bonchev–Trinajstić information content (AvgIpc) is 2.77. The molecule has 0 saturated carbocycles. The third-order valence-corrected chi connectivity index (χ3v) is 6.09. The van der Waals surface area contributed by atoms with Gasteiger partial charge in [-0.25, -0.2) is 8.42 Å². The highest BCUT2D eigenvalue weighted by Gasteiger charge is 2.31. The van der Waals surface area contributed by atoms with Crippen LogP contribution in [0.3, 0.4) is 0 Å². The topological polar surface area (TPSA) is 96.0 Å². The van der Waals surface area contributed by atoms with Gasteiger partial charge in [0.2, 0.25) is 21.8 Å². The molecule has 0 fully saturated rings. The average molecular weight is 462 g/mol. The zero-order valence-corrected chi connectivity index (χ0v) is 19.8. The van der Waals surface area contributed by atoms with Gasteiger partial charge in [-0.05, 0) is 31.0 Å². The van der Waals surface area contributed by atoms with E-state index in [1.54, 1.807) is 24.3 Å². The van der Waals surface area contributed by atoms with E-state index in [2.05, 4.69) is 5.32 Å². The lowest BCUT2D eigenvalue weighted by Gasteiger charge is -2.32. The number of ether oxygens (including phenoxy) is 1. The summed E-state index contributed by atoms with van der Waals surface area (Å²) >= 11 is 0. The first kappa shape index (κ1) is 25.2. The highest BCUT2D eigenvalue weighted by atomic mass is 32.2. The van der Waals surface area contributed by atoms with Crippen molar-refractivity contribution in [2.75, 3.05) is 30.8 Å². The second-order valence-electron chi connectivity index (χ2n) is 7.30. The van der Waals surface area contributed by atoms with Gasteiger partial charge in [0.15, 0.2) is 0 Å². The number of hydrogen-bond acceptors (Lipinski definition) is 5. The van der Waals surface area contributed by atoms with Gasteiger partial charge in [-0.1, -0.05) is 43.3 Å². The first-order valence-electron chi connectivity index (χ1n) is 10.4. The van der Waals surface area contributed by atoms with Crippen LogP contribution in [0.5, 0.6) is 5.75 Å². The second kappa shape index (κ2) is 11.5. The van der Waals surface area contributed by atoms with Crippen molar-refractivity contribution < 1.29 is 22.7 Å². The number of methoxy groups -OCH3 is 1. The quantitative estimate of drug-likeness (QED) is 0.554. The number of sulfonamides is 1. The summed E-state index contributed by atoms with van der Waals surface area (Å²) < 4.78 is 31.3. The molecule has 0 heterocycles. The van der Waals surface area contributed by atoms with E-state index in [4.69, 9.17) is 4.74 Å². The zero-order valence-electron chi connectivity index (χ0n) is 18.9. The Labute approximate surface area is 190 Å². The van der Waals surface area contributed by atoms with Crippen molar-refractivity contribution in [2.24, 2.45) is 0 Å². The largest absolute Gasteiger partial charge is 0.497 e. The fourth-order valence-electron chi connectivity index (χ4n) is 3.37. The Hall–Kier alpha value is -3.07. The molecule has 0 aliphatic rings. The lowest BCUT2D eigenvalue weighted by molar-refractivity contribution is -0.140. The fraction of sp³-hybridized carbons (Fsp3) is 0.391. The van der Waals surface area contributed by atoms with Crippen LogP contribution >= 0.6 is 0 Å². The maximum Gasteiger partial charge on any atom is 0.244 e. The summed E-state index contributed by atoms with van der Waals surface area (Å²) in [4.78, 5) is 27.6. The summed E-state index contributed by atoms with van der Waals surface area (Å²) in [6.45, 7) is 3.81. The number of hydrogen-bond donors (Lipinski definition) is 1. The molecule has 2 aromatic carbocycles. The van der Waals surface area contributed by atoms with Crippen molar-refractivity contribution in [2.45, 2.75) is 32.9 Å². The first-order valence-corrected chi connectivity index (χ1v) is 12.3. The predicted octanol–water partition coefficient (Wildman–Crippen LogP) is 2.40. The standard InChI is InChI=1S/C23H31N3O5S/c1-5-21(23(28)24-6-2)25(16-18-11-8-7-9-12-18)22(27)17-26(32(4,29)30)19-13-10-14-20(15-19)31-3/h7-15,21H,5-6,16-17H2,1-4H3,(H,24,28)/t21-/m1/s1. The van der Waals surface area contributed by atoms with Gasteiger partial charge in [0, 0.05) is 19.2 Å². The smallest absolute Gasteiger partial charge is 0.244 e. The second-order valence-corrected chi connectivity index (χ2v) is 9.20. The molecule has 2 rings (SSSR count). The predicted molar refractivity (Wildman–Crippen MR) is 125 cm³/mol. The summed E-state index contributed by atoms with van der Waals surface area (Å²) in [5.74, 6) is -0.273. The Morgan fingerprint density at radius 2 is 1.75 bits per heavy atom. The fourth-order valence-corrected chi connectivity index (χ4v) is 4.21. The van der Waals surface area contributed by atoms with Crippen LogP contribution in [-0.4, -0.2) is 57.6 Å². The summed E-state index contributed by atoms with van der Waals surface area (Å²) in [6.07, 6.45) is 1.44. The van der Waals surface area contributed by atoms with Crippen LogP contribution in [0.25, 0.3) is 0 Å². The molecule has 1 N–H and O–H groups in total. The Morgan fingerprint density at radius 1 is 1.06 bits per heavy atom. The molecule has 0 radical (unpaired) electrons. The Bertz CT molecular complexity index is 1010. The molecule has 0 aliphatic carbocycles. The monoisotopic (exact) mass is 461 g/mol. The number of likely N-dealkylation sites (N-methyl/N-ethyl adjacent to an activating group) is 1. The van der Waals surface area contributed by atoms with Gasteiger partial charge < -0.3 is 15.0 Å². The number of carbonyl (C=O) groups excluding carboxylic acids is 2. The van der Waals surface area contributed by atoms with Crippen LogP contribution in [0.2, 0.25) is 0 Å². The van der Waals surface area contributed by atoms with E-state index >= 15 is 0 Å². The van der Waals surface area contributed by atoms with E-state index in [-0.39, 0.29) is 12.5 Å². The normalized spacial score (nSPS) is 12.0. The SMILES string of the molecule is CCNC(=O)[C@@H](CC)N(Cc1ccccc1)C(=O)CN(c1cccc(OC)c1)S(C)(=O)=O. The summed E-state index contributed by atoms with van der Waals surface area (Å²) in [5.41, 5.74) is 1.15. The third-order valence-electron chi connectivity index (χ3n) is 4.95. The molecular formula is C23H31N3O5S. The number of benzene rings is 2. The van der Waals surface area contributed by atoms with Crippen LogP contribution in [0.1, 0.15) is 25.8 Å². The number of amides is 2. The van der Waals surface area contributed by atoms with Gasteiger partial charge in [0.05, 0.1) is 19.1 Å². The molecular weight excluding hydrogens is 430 g/mol. The van der Waals surface area contributed by atoms with Gasteiger partial charge in [0.25, 0.3) is 0 Å². The van der Waals surface area contributed by atoms with E-state index in [1.165, 1.54) is 12.0 Å². The van der Waals surface area contributed by atoms with Gasteiger partial charge >= 0.3 is 0 Å². The minimum Gasteiger partial charge on any atom is -0.497 e. The van der Waals surface area contributed by atoms with Crippen LogP contribution < -0.4 is 14.4 Å². The Kier molecular flexibility index (Phi) is 9.07. The van der Waals surface area contributed by atoms with E-state index < -0.39 is 28.5 Å². The third kappa shape index (κ3) is 6.71. The van der Waals surface area contributed by atoms with Crippen molar-refractivity contribution in [3.8, 4) is 5.75 Å². The minimum absolute atomic E-state index is 0.186. The molecule has 1 atom stereocenters. The minimum atomic E-state index is -3.78. The molecule has 0 saturated heterocycles. The Morgan fingerprint density at radius 3 is 2.31 bits per heavy atom. The van der Waals surface area contributed by atoms with Gasteiger partial charge in [-0.15, -0.1) is 0 Å². The van der Waals surface area contributed by atoms with Gasteiger partial charge in [-0.2, -0.15) is 0 Å². The molecule has 0 aliphatic heterocycles. The molecule has 2 aromatic rings. The number of carbonyl (C=O) groups is 2. The number of rotatable bonds is 11. The van der Waals surface area contributed by atoms with Gasteiger partial charge in [-0.3, -0.25) is 13.9 Å². The van der Waals surface area contributed by atoms with E-state index in [0.29, 0.717) is 24.4 Å². The van der Waals surface area contributed by atoms with E-state index in [1.807, 2.05) is 44.2 Å². The van der Waals surface area contributed by atoms with E-state index in [9.17, 15) is 18.0 Å². The van der Waals surface area contributed by atoms with Crippen molar-refractivity contribution in [3.05, 3.63) is 60.2 Å². The van der Waals surface area contributed by atoms with Crippen LogP contribution in [0.4, 0.5) is 5.69 Å². The van der Waals surface area contributed by atoms with Crippen molar-refractivity contribution in [1.82, 2.24) is 10.2 Å². The maximum atomic E-state index is 13.5. The van der Waals surface area contributed by atoms with Crippen LogP contribution in [0.15, 0.2) is 54.6 Å². The molecule has 0 bridgehead atoms. The lowest BCUT2D eigenvalue weighted by atomic mass is 10.1. The Balaban J connectivity index is 2.41. The highest BCUT2D eigenvalue weighted by molar-refractivity contribution is 7.92. The molecule has 174 valence electrons. The number of nitrogens with zero attached hydrogens (tertiary/aromatic N) is 2. The molecule has 0 aromatic heterocycles. The number of nitrogens with one attached hydrogen (secondary N) is 1. The molecule has 9 heteroatoms. The highest BCUT2D eigenvalue weighted by Crippen LogP contribution is 2.24. The number of anilines is 1. The van der Waals surface area contributed by atoms with Gasteiger partial charge in [0.1, 0.15) is 18.3 Å².